The van der Waals surface area contributed by atoms with E-state index in [0.29, 0.717) is 17.4 Å². The van der Waals surface area contributed by atoms with Gasteiger partial charge < -0.3 is 10.0 Å². The number of hydrogen-bond donors (Lipinski definition) is 1. The van der Waals surface area contributed by atoms with E-state index in [1.165, 1.54) is 16.2 Å². The van der Waals surface area contributed by atoms with E-state index in [1.54, 1.807) is 18.5 Å². The van der Waals surface area contributed by atoms with Crippen LogP contribution in [0.5, 0.6) is 0 Å². The van der Waals surface area contributed by atoms with Crippen LogP contribution >= 0.6 is 11.3 Å². The topological polar surface area (TPSA) is 96.3 Å². The van der Waals surface area contributed by atoms with Crippen molar-refractivity contribution in [2.45, 2.75) is 13.0 Å². The molecule has 7 nitrogen and oxygen atoms in total. The molecule has 0 aromatic carbocycles. The highest BCUT2D eigenvalue weighted by atomic mass is 32.1. The zero-order valence-electron chi connectivity index (χ0n) is 11.0. The van der Waals surface area contributed by atoms with Gasteiger partial charge in [-0.25, -0.2) is 15.0 Å². The summed E-state index contributed by atoms with van der Waals surface area (Å²) in [6, 6.07) is 1.73. The first-order valence-corrected chi connectivity index (χ1v) is 7.24. The molecule has 3 heterocycles. The number of rotatable bonds is 4. The SMILES string of the molecule is O=C(O)[C@@H]1CC(=O)N(Cc2csc(-c3ncccn3)n2)C1. The van der Waals surface area contributed by atoms with Crippen LogP contribution in [0.1, 0.15) is 12.1 Å². The van der Waals surface area contributed by atoms with Gasteiger partial charge in [-0.15, -0.1) is 11.3 Å². The maximum atomic E-state index is 11.8. The number of thiazole rings is 1. The van der Waals surface area contributed by atoms with Crippen LogP contribution in [0.15, 0.2) is 23.8 Å². The Morgan fingerprint density at radius 3 is 2.86 bits per heavy atom. The number of aliphatic carboxylic acids is 1. The summed E-state index contributed by atoms with van der Waals surface area (Å²) in [5.41, 5.74) is 0.724. The third-order valence-corrected chi connectivity index (χ3v) is 4.11. The largest absolute Gasteiger partial charge is 0.481 e. The zero-order chi connectivity index (χ0) is 14.8. The van der Waals surface area contributed by atoms with Gasteiger partial charge in [0.05, 0.1) is 18.2 Å². The molecule has 1 fully saturated rings. The van der Waals surface area contributed by atoms with Gasteiger partial charge in [0.15, 0.2) is 10.8 Å². The van der Waals surface area contributed by atoms with Crippen LogP contribution in [0.4, 0.5) is 0 Å². The lowest BCUT2D eigenvalue weighted by atomic mass is 10.1. The molecule has 2 aromatic rings. The molecule has 1 aliphatic rings. The Balaban J connectivity index is 1.71. The highest BCUT2D eigenvalue weighted by molar-refractivity contribution is 7.13. The predicted octanol–water partition coefficient (Wildman–Crippen LogP) is 1.03. The van der Waals surface area contributed by atoms with Crippen molar-refractivity contribution in [3.8, 4) is 10.8 Å². The number of carboxylic acids is 1. The second-order valence-electron chi connectivity index (χ2n) is 4.73. The first-order chi connectivity index (χ1) is 10.1. The molecular formula is C13H12N4O3S. The minimum Gasteiger partial charge on any atom is -0.481 e. The first-order valence-electron chi connectivity index (χ1n) is 6.36. The maximum absolute atomic E-state index is 11.8. The van der Waals surface area contributed by atoms with E-state index in [9.17, 15) is 9.59 Å². The summed E-state index contributed by atoms with van der Waals surface area (Å²) in [6.07, 6.45) is 3.35. The third kappa shape index (κ3) is 2.89. The average Bonchev–Trinajstić information content (AvgIpc) is 3.08. The van der Waals surface area contributed by atoms with Crippen LogP contribution in [-0.2, 0) is 16.1 Å². The van der Waals surface area contributed by atoms with Crippen LogP contribution < -0.4 is 0 Å². The molecule has 108 valence electrons. The van der Waals surface area contributed by atoms with Crippen molar-refractivity contribution < 1.29 is 14.7 Å². The van der Waals surface area contributed by atoms with Gasteiger partial charge in [-0.3, -0.25) is 9.59 Å². The van der Waals surface area contributed by atoms with Gasteiger partial charge in [0.25, 0.3) is 0 Å². The van der Waals surface area contributed by atoms with Gasteiger partial charge in [0, 0.05) is 30.7 Å². The third-order valence-electron chi connectivity index (χ3n) is 3.23. The molecule has 0 saturated carbocycles. The van der Waals surface area contributed by atoms with E-state index in [2.05, 4.69) is 15.0 Å². The van der Waals surface area contributed by atoms with Crippen molar-refractivity contribution in [3.05, 3.63) is 29.5 Å². The van der Waals surface area contributed by atoms with Gasteiger partial charge in [-0.1, -0.05) is 0 Å². The first kappa shape index (κ1) is 13.6. The van der Waals surface area contributed by atoms with Gasteiger partial charge in [0.1, 0.15) is 0 Å². The van der Waals surface area contributed by atoms with Gasteiger partial charge in [0.2, 0.25) is 5.91 Å². The van der Waals surface area contributed by atoms with Crippen LogP contribution in [0.2, 0.25) is 0 Å². The van der Waals surface area contributed by atoms with Crippen LogP contribution in [0.25, 0.3) is 10.8 Å². The van der Waals surface area contributed by atoms with Gasteiger partial charge >= 0.3 is 5.97 Å². The highest BCUT2D eigenvalue weighted by Crippen LogP contribution is 2.23. The van der Waals surface area contributed by atoms with Gasteiger partial charge in [-0.05, 0) is 6.07 Å². The van der Waals surface area contributed by atoms with E-state index in [4.69, 9.17) is 5.11 Å². The van der Waals surface area contributed by atoms with E-state index in [1.807, 2.05) is 5.38 Å². The minimum absolute atomic E-state index is 0.0636. The van der Waals surface area contributed by atoms with Crippen LogP contribution in [0.3, 0.4) is 0 Å². The molecule has 0 radical (unpaired) electrons. The van der Waals surface area contributed by atoms with Crippen molar-refractivity contribution in [2.75, 3.05) is 6.54 Å². The molecular weight excluding hydrogens is 292 g/mol. The van der Waals surface area contributed by atoms with E-state index >= 15 is 0 Å². The zero-order valence-corrected chi connectivity index (χ0v) is 11.8. The van der Waals surface area contributed by atoms with Gasteiger partial charge in [-0.2, -0.15) is 0 Å². The molecule has 0 spiro atoms. The smallest absolute Gasteiger partial charge is 0.308 e. The molecule has 1 saturated heterocycles. The lowest BCUT2D eigenvalue weighted by molar-refractivity contribution is -0.141. The second-order valence-corrected chi connectivity index (χ2v) is 5.59. The Kier molecular flexibility index (Phi) is 3.61. The van der Waals surface area contributed by atoms with Crippen molar-refractivity contribution in [1.82, 2.24) is 19.9 Å². The summed E-state index contributed by atoms with van der Waals surface area (Å²) in [4.78, 5) is 36.9. The number of amides is 1. The normalized spacial score (nSPS) is 18.2. The number of nitrogens with zero attached hydrogens (tertiary/aromatic N) is 4. The fraction of sp³-hybridized carbons (Fsp3) is 0.308. The number of aromatic nitrogens is 3. The van der Waals surface area contributed by atoms with Crippen molar-refractivity contribution >= 4 is 23.2 Å². The van der Waals surface area contributed by atoms with E-state index in [0.717, 1.165) is 5.69 Å². The number of carboxylic acid groups (broad SMARTS) is 1. The summed E-state index contributed by atoms with van der Waals surface area (Å²) < 4.78 is 0. The van der Waals surface area contributed by atoms with E-state index < -0.39 is 11.9 Å². The fourth-order valence-corrected chi connectivity index (χ4v) is 2.93. The molecule has 1 atom stereocenters. The maximum Gasteiger partial charge on any atom is 0.308 e. The minimum atomic E-state index is -0.928. The monoisotopic (exact) mass is 304 g/mol. The Labute approximate surface area is 124 Å². The second kappa shape index (κ2) is 5.57. The number of likely N-dealkylation sites (tertiary alicyclic amines) is 1. The number of carbonyl (C=O) groups is 2. The molecule has 2 aromatic heterocycles. The van der Waals surface area contributed by atoms with E-state index in [-0.39, 0.29) is 18.9 Å². The predicted molar refractivity (Wildman–Crippen MR) is 74.3 cm³/mol. The average molecular weight is 304 g/mol. The lowest BCUT2D eigenvalue weighted by Crippen LogP contribution is -2.25. The molecule has 1 amide bonds. The number of hydrogen-bond acceptors (Lipinski definition) is 6. The van der Waals surface area contributed by atoms with Crippen molar-refractivity contribution in [3.63, 3.8) is 0 Å². The standard InChI is InChI=1S/C13H12N4O3S/c18-10-4-8(13(19)20)5-17(10)6-9-7-21-12(16-9)11-14-2-1-3-15-11/h1-3,7-8H,4-6H2,(H,19,20)/t8-/m1/s1. The van der Waals surface area contributed by atoms with Crippen molar-refractivity contribution in [1.29, 1.82) is 0 Å². The summed E-state index contributed by atoms with van der Waals surface area (Å²) in [5.74, 6) is -1.15. The summed E-state index contributed by atoms with van der Waals surface area (Å²) in [6.45, 7) is 0.564. The quantitative estimate of drug-likeness (QED) is 0.906. The summed E-state index contributed by atoms with van der Waals surface area (Å²) in [7, 11) is 0. The Hall–Kier alpha value is -2.35. The Bertz CT molecular complexity index is 673. The highest BCUT2D eigenvalue weighted by Gasteiger charge is 2.34. The molecule has 3 rings (SSSR count). The summed E-state index contributed by atoms with van der Waals surface area (Å²) in [5, 5.41) is 11.5. The molecule has 1 N–H and O–H groups in total. The Morgan fingerprint density at radius 2 is 2.19 bits per heavy atom. The molecule has 0 bridgehead atoms. The van der Waals surface area contributed by atoms with Crippen molar-refractivity contribution in [2.24, 2.45) is 5.92 Å². The van der Waals surface area contributed by atoms with Crippen LogP contribution in [0, 0.1) is 5.92 Å². The molecule has 1 aliphatic heterocycles. The Morgan fingerprint density at radius 1 is 1.43 bits per heavy atom. The molecule has 0 unspecified atom stereocenters. The number of carbonyl (C=O) groups excluding carboxylic acids is 1. The summed E-state index contributed by atoms with van der Waals surface area (Å²) >= 11 is 1.40. The fourth-order valence-electron chi connectivity index (χ4n) is 2.18. The molecule has 8 heteroatoms. The molecule has 0 aliphatic carbocycles. The van der Waals surface area contributed by atoms with Crippen LogP contribution in [-0.4, -0.2) is 43.4 Å². The molecule has 21 heavy (non-hydrogen) atoms. The lowest BCUT2D eigenvalue weighted by Gasteiger charge is -2.13.